The first-order chi connectivity index (χ1) is 52.2. The van der Waals surface area contributed by atoms with Crippen LogP contribution < -0.4 is 0 Å². The van der Waals surface area contributed by atoms with Crippen molar-refractivity contribution in [1.29, 1.82) is 0 Å². The fourth-order valence-corrected chi connectivity index (χ4v) is 11.8. The van der Waals surface area contributed by atoms with Crippen LogP contribution in [-0.2, 0) is 55.8 Å². The number of ether oxygens (including phenoxy) is 3. The number of hydrogen-bond acceptors (Lipinski definition) is 14. The van der Waals surface area contributed by atoms with E-state index in [9.17, 15) is 43.5 Å². The highest BCUT2D eigenvalue weighted by molar-refractivity contribution is 7.47. The predicted molar refractivity (Wildman–Crippen MR) is 444 cm³/mol. The van der Waals surface area contributed by atoms with Crippen LogP contribution in [0.25, 0.3) is 0 Å². The standard InChI is InChI=1S/C89H144O16P2/c1-4-7-10-13-16-19-22-25-28-31-34-36-38-40-41-43-45-46-49-51-54-57-60-63-66-69-72-75-87(92)99-78-84(90)79-101-106(95,96)102-80-85(91)81-103-107(97,98)104-83-86(105-89(94)77-74-71-68-65-62-59-56-53-48-33-30-27-24-21-18-15-12-9-6-3)82-100-88(93)76-73-70-67-64-61-58-55-52-50-47-44-42-39-37-35-32-29-26-23-20-17-14-11-8-5-2/h7-12,16-21,25-30,34-37,40-42,44,48,53,59,62,68,71,84-86,90-91H,4-6,13-15,22-24,31-33,38-39,43,45-47,49-52,54-58,60-61,63-67,69-70,72-83H2,1-3H3,(H,95,96)(H,97,98)/b10-7-,11-8-,12-9-,19-16-,20-17-,21-18-,28-25-,29-26-,30-27-,36-34-,37-35-,41-40-,44-42-,53-48-,62-59-,71-68-. The Labute approximate surface area is 648 Å². The Hall–Kier alpha value is -5.61. The molecule has 0 aromatic rings. The minimum atomic E-state index is -4.96. The summed E-state index contributed by atoms with van der Waals surface area (Å²) in [4.78, 5) is 58.7. The van der Waals surface area contributed by atoms with E-state index in [2.05, 4.69) is 197 Å². The van der Waals surface area contributed by atoms with E-state index in [1.54, 1.807) is 0 Å². The van der Waals surface area contributed by atoms with Crippen LogP contribution in [0, 0.1) is 0 Å². The van der Waals surface area contributed by atoms with Gasteiger partial charge in [-0.1, -0.05) is 318 Å². The average molecular weight is 1530 g/mol. The van der Waals surface area contributed by atoms with Gasteiger partial charge in [-0.3, -0.25) is 32.5 Å². The number of phosphoric ester groups is 2. The topological polar surface area (TPSA) is 231 Å². The normalized spacial score (nSPS) is 14.9. The quantitative estimate of drug-likeness (QED) is 0.0146. The first-order valence-electron chi connectivity index (χ1n) is 40.7. The monoisotopic (exact) mass is 1530 g/mol. The molecule has 0 aromatic heterocycles. The molecule has 16 nitrogen and oxygen atoms in total. The van der Waals surface area contributed by atoms with Crippen LogP contribution in [0.1, 0.15) is 290 Å². The molecule has 0 spiro atoms. The Morgan fingerprint density at radius 1 is 0.262 bits per heavy atom. The smallest absolute Gasteiger partial charge is 0.463 e. The molecule has 4 N–H and O–H groups in total. The summed E-state index contributed by atoms with van der Waals surface area (Å²) in [5.41, 5.74) is 0. The maximum absolute atomic E-state index is 13.0. The van der Waals surface area contributed by atoms with Crippen LogP contribution in [-0.4, -0.2) is 95.9 Å². The van der Waals surface area contributed by atoms with Crippen molar-refractivity contribution in [2.24, 2.45) is 0 Å². The Morgan fingerprint density at radius 2 is 0.486 bits per heavy atom. The van der Waals surface area contributed by atoms with Crippen LogP contribution >= 0.6 is 15.6 Å². The minimum Gasteiger partial charge on any atom is -0.463 e. The van der Waals surface area contributed by atoms with Gasteiger partial charge < -0.3 is 34.2 Å². The molecule has 0 heterocycles. The summed E-state index contributed by atoms with van der Waals surface area (Å²) in [6.45, 7) is 2.23. The van der Waals surface area contributed by atoms with E-state index in [0.29, 0.717) is 25.7 Å². The lowest BCUT2D eigenvalue weighted by molar-refractivity contribution is -0.161. The molecule has 0 aromatic carbocycles. The van der Waals surface area contributed by atoms with Crippen LogP contribution in [0.3, 0.4) is 0 Å². The molecule has 0 aliphatic carbocycles. The van der Waals surface area contributed by atoms with Gasteiger partial charge in [0.2, 0.25) is 0 Å². The van der Waals surface area contributed by atoms with Gasteiger partial charge in [0.1, 0.15) is 25.4 Å². The van der Waals surface area contributed by atoms with Crippen molar-refractivity contribution < 1.29 is 75.8 Å². The first kappa shape index (κ1) is 101. The predicted octanol–water partition coefficient (Wildman–Crippen LogP) is 24.3. The van der Waals surface area contributed by atoms with Crippen molar-refractivity contribution in [3.05, 3.63) is 194 Å². The fourth-order valence-electron chi connectivity index (χ4n) is 10.2. The zero-order valence-electron chi connectivity index (χ0n) is 66.2. The summed E-state index contributed by atoms with van der Waals surface area (Å²) < 4.78 is 61.1. The summed E-state index contributed by atoms with van der Waals surface area (Å²) in [6, 6.07) is 0. The highest BCUT2D eigenvalue weighted by Crippen LogP contribution is 2.45. The molecule has 0 saturated heterocycles. The van der Waals surface area contributed by atoms with Crippen LogP contribution in [0.15, 0.2) is 194 Å². The maximum Gasteiger partial charge on any atom is 0.472 e. The van der Waals surface area contributed by atoms with E-state index in [-0.39, 0.29) is 19.3 Å². The zero-order valence-corrected chi connectivity index (χ0v) is 68.0. The van der Waals surface area contributed by atoms with Gasteiger partial charge in [0.15, 0.2) is 6.10 Å². The number of esters is 3. The van der Waals surface area contributed by atoms with Crippen molar-refractivity contribution in [1.82, 2.24) is 0 Å². The Morgan fingerprint density at radius 3 is 0.776 bits per heavy atom. The number of aliphatic hydroxyl groups excluding tert-OH is 2. The Bertz CT molecular complexity index is 2720. The van der Waals surface area contributed by atoms with Crippen molar-refractivity contribution in [3.63, 3.8) is 0 Å². The van der Waals surface area contributed by atoms with Gasteiger partial charge >= 0.3 is 33.6 Å². The van der Waals surface area contributed by atoms with E-state index in [4.69, 9.17) is 32.3 Å². The second-order valence-electron chi connectivity index (χ2n) is 26.4. The Kier molecular flexibility index (Phi) is 75.7. The zero-order chi connectivity index (χ0) is 78.0. The van der Waals surface area contributed by atoms with Crippen molar-refractivity contribution in [2.75, 3.05) is 39.6 Å². The van der Waals surface area contributed by atoms with Gasteiger partial charge in [-0.15, -0.1) is 0 Å². The number of aliphatic hydroxyl groups is 2. The maximum atomic E-state index is 13.0. The average Bonchev–Trinajstić information content (AvgIpc) is 0.942. The molecule has 0 amide bonds. The SMILES string of the molecule is CC/C=C\C/C=C\C/C=C\C/C=C\C/C=C\C/C=C\CCC(=O)OC(COC(=O)CCCCCCCCCCC/C=C\C/C=C\C/C=C\C/C=C\C/C=C\CC)COP(=O)(O)OCC(O)COP(=O)(O)OCC(O)COC(=O)CCCCCCCCCCCCC/C=C\C/C=C\C/C=C\C/C=C\C/C=C\CC. The van der Waals surface area contributed by atoms with Crippen LogP contribution in [0.4, 0.5) is 0 Å². The van der Waals surface area contributed by atoms with Gasteiger partial charge in [-0.05, 0) is 148 Å². The second-order valence-corrected chi connectivity index (χ2v) is 29.3. The summed E-state index contributed by atoms with van der Waals surface area (Å²) >= 11 is 0. The number of unbranched alkanes of at least 4 members (excludes halogenated alkanes) is 20. The van der Waals surface area contributed by atoms with Gasteiger partial charge in [-0.25, -0.2) is 9.13 Å². The molecule has 0 bridgehead atoms. The number of allylic oxidation sites excluding steroid dienone is 32. The molecule has 5 unspecified atom stereocenters. The number of carbonyl (C=O) groups excluding carboxylic acids is 3. The summed E-state index contributed by atoms with van der Waals surface area (Å²) in [5, 5.41) is 20.7. The number of hydrogen-bond donors (Lipinski definition) is 4. The van der Waals surface area contributed by atoms with E-state index in [0.717, 1.165) is 161 Å². The summed E-state index contributed by atoms with van der Waals surface area (Å²) in [7, 11) is -9.84. The Balaban J connectivity index is 4.70. The van der Waals surface area contributed by atoms with Gasteiger partial charge in [0, 0.05) is 19.3 Å². The lowest BCUT2D eigenvalue weighted by Crippen LogP contribution is -2.29. The summed E-state index contributed by atoms with van der Waals surface area (Å²) in [5.74, 6) is -1.69. The van der Waals surface area contributed by atoms with E-state index in [1.165, 1.54) is 64.2 Å². The highest BCUT2D eigenvalue weighted by atomic mass is 31.2. The number of rotatable bonds is 75. The minimum absolute atomic E-state index is 0.0293. The second kappa shape index (κ2) is 79.9. The lowest BCUT2D eigenvalue weighted by Gasteiger charge is -2.21. The molecule has 18 heteroatoms. The molecule has 606 valence electrons. The molecule has 0 radical (unpaired) electrons. The molecule has 107 heavy (non-hydrogen) atoms. The molecule has 0 rings (SSSR count). The van der Waals surface area contributed by atoms with Gasteiger partial charge in [-0.2, -0.15) is 0 Å². The number of phosphoric acid groups is 2. The van der Waals surface area contributed by atoms with Crippen LogP contribution in [0.2, 0.25) is 0 Å². The van der Waals surface area contributed by atoms with Crippen molar-refractivity contribution in [3.8, 4) is 0 Å². The number of carbonyl (C=O) groups is 3. The highest BCUT2D eigenvalue weighted by Gasteiger charge is 2.29. The molecule has 0 aliphatic rings. The summed E-state index contributed by atoms with van der Waals surface area (Å²) in [6.07, 6.45) is 105. The largest absolute Gasteiger partial charge is 0.472 e. The molecule has 0 aliphatic heterocycles. The molecule has 0 fully saturated rings. The van der Waals surface area contributed by atoms with Crippen LogP contribution in [0.5, 0.6) is 0 Å². The molecular formula is C89H144O16P2. The van der Waals surface area contributed by atoms with E-state index >= 15 is 0 Å². The lowest BCUT2D eigenvalue weighted by atomic mass is 10.0. The van der Waals surface area contributed by atoms with Gasteiger partial charge in [0.05, 0.1) is 26.4 Å². The van der Waals surface area contributed by atoms with E-state index in [1.807, 2.05) is 18.2 Å². The van der Waals surface area contributed by atoms with Gasteiger partial charge in [0.25, 0.3) is 0 Å². The third-order valence-electron chi connectivity index (χ3n) is 16.3. The molecule has 0 saturated carbocycles. The van der Waals surface area contributed by atoms with E-state index < -0.39 is 91.5 Å². The van der Waals surface area contributed by atoms with Crippen molar-refractivity contribution >= 4 is 33.6 Å². The third-order valence-corrected chi connectivity index (χ3v) is 18.2. The molecule has 5 atom stereocenters. The fraction of sp³-hybridized carbons (Fsp3) is 0.607. The molecular weight excluding hydrogens is 1390 g/mol. The van der Waals surface area contributed by atoms with Crippen molar-refractivity contribution in [2.45, 2.75) is 309 Å². The third kappa shape index (κ3) is 81.2. The first-order valence-corrected chi connectivity index (χ1v) is 43.7.